The van der Waals surface area contributed by atoms with Gasteiger partial charge in [-0.1, -0.05) is 25.1 Å². The number of aliphatic hydroxyl groups is 1. The number of hydrogen-bond donors (Lipinski definition) is 2. The first-order valence-electron chi connectivity index (χ1n) is 7.94. The van der Waals surface area contributed by atoms with Gasteiger partial charge in [-0.3, -0.25) is 4.79 Å². The van der Waals surface area contributed by atoms with Gasteiger partial charge in [-0.2, -0.15) is 5.10 Å². The van der Waals surface area contributed by atoms with Crippen molar-refractivity contribution in [1.29, 1.82) is 0 Å². The zero-order valence-electron chi connectivity index (χ0n) is 13.1. The molecule has 0 spiro atoms. The number of likely N-dealkylation sites (tertiary alicyclic amines) is 1. The number of aromatic hydroxyl groups is 1. The van der Waals surface area contributed by atoms with Crippen molar-refractivity contribution in [2.75, 3.05) is 13.1 Å². The minimum atomic E-state index is -0.346. The molecule has 6 nitrogen and oxygen atoms in total. The molecule has 0 unspecified atom stereocenters. The summed E-state index contributed by atoms with van der Waals surface area (Å²) in [5.41, 5.74) is 2.01. The number of aliphatic hydroxyl groups excluding tert-OH is 1. The second-order valence-corrected chi connectivity index (χ2v) is 5.81. The zero-order chi connectivity index (χ0) is 16.4. The molecule has 2 N–H and O–H groups in total. The van der Waals surface area contributed by atoms with Gasteiger partial charge in [0.2, 0.25) is 0 Å². The Kier molecular flexibility index (Phi) is 4.34. The van der Waals surface area contributed by atoms with E-state index in [0.29, 0.717) is 25.9 Å². The normalized spacial score (nSPS) is 15.8. The van der Waals surface area contributed by atoms with E-state index in [1.165, 1.54) is 6.20 Å². The van der Waals surface area contributed by atoms with Crippen LogP contribution in [0, 0.1) is 0 Å². The first kappa shape index (κ1) is 15.6. The molecule has 0 bridgehead atoms. The van der Waals surface area contributed by atoms with E-state index in [4.69, 9.17) is 0 Å². The van der Waals surface area contributed by atoms with E-state index in [9.17, 15) is 15.0 Å². The minimum absolute atomic E-state index is 0.0623. The Morgan fingerprint density at radius 2 is 2.00 bits per heavy atom. The molecule has 6 heteroatoms. The Morgan fingerprint density at radius 3 is 2.70 bits per heavy atom. The quantitative estimate of drug-likeness (QED) is 0.904. The Hall–Kier alpha value is -2.34. The third-order valence-corrected chi connectivity index (χ3v) is 4.27. The topological polar surface area (TPSA) is 78.6 Å². The first-order chi connectivity index (χ1) is 11.1. The van der Waals surface area contributed by atoms with Gasteiger partial charge in [0.1, 0.15) is 0 Å². The van der Waals surface area contributed by atoms with Crippen LogP contribution in [-0.4, -0.2) is 50.0 Å². The lowest BCUT2D eigenvalue weighted by atomic mass is 10.1. The average Bonchev–Trinajstić information content (AvgIpc) is 2.96. The number of aryl methyl sites for hydroxylation is 1. The zero-order valence-corrected chi connectivity index (χ0v) is 13.1. The Morgan fingerprint density at radius 1 is 1.30 bits per heavy atom. The summed E-state index contributed by atoms with van der Waals surface area (Å²) in [6.45, 7) is 3.02. The number of carbonyl (C=O) groups excluding carboxylic acids is 1. The van der Waals surface area contributed by atoms with Gasteiger partial charge in [-0.15, -0.1) is 0 Å². The molecule has 1 aromatic heterocycles. The van der Waals surface area contributed by atoms with Gasteiger partial charge < -0.3 is 15.1 Å². The number of para-hydroxylation sites is 1. The summed E-state index contributed by atoms with van der Waals surface area (Å²) in [4.78, 5) is 14.2. The molecular weight excluding hydrogens is 294 g/mol. The van der Waals surface area contributed by atoms with E-state index >= 15 is 0 Å². The fourth-order valence-electron chi connectivity index (χ4n) is 2.89. The van der Waals surface area contributed by atoms with Gasteiger partial charge in [-0.05, 0) is 30.9 Å². The molecule has 2 aromatic rings. The Balaban J connectivity index is 1.88. The molecule has 1 fully saturated rings. The summed E-state index contributed by atoms with van der Waals surface area (Å²) in [7, 11) is 0. The lowest BCUT2D eigenvalue weighted by Crippen LogP contribution is -2.40. The third-order valence-electron chi connectivity index (χ3n) is 4.27. The van der Waals surface area contributed by atoms with Crippen LogP contribution in [-0.2, 0) is 6.42 Å². The molecule has 0 radical (unpaired) electrons. The number of nitrogens with zero attached hydrogens (tertiary/aromatic N) is 3. The van der Waals surface area contributed by atoms with E-state index in [1.807, 2.05) is 31.2 Å². The van der Waals surface area contributed by atoms with Crippen molar-refractivity contribution in [3.05, 3.63) is 41.7 Å². The van der Waals surface area contributed by atoms with Gasteiger partial charge in [0.15, 0.2) is 11.4 Å². The summed E-state index contributed by atoms with van der Waals surface area (Å²) >= 11 is 0. The molecule has 122 valence electrons. The highest BCUT2D eigenvalue weighted by atomic mass is 16.3. The maximum Gasteiger partial charge on any atom is 0.278 e. The van der Waals surface area contributed by atoms with Gasteiger partial charge >= 0.3 is 0 Å². The van der Waals surface area contributed by atoms with Crippen molar-refractivity contribution in [3.8, 4) is 11.4 Å². The van der Waals surface area contributed by atoms with Gasteiger partial charge in [0, 0.05) is 13.1 Å². The van der Waals surface area contributed by atoms with Crippen LogP contribution in [0.1, 0.15) is 35.8 Å². The maximum absolute atomic E-state index is 12.5. The van der Waals surface area contributed by atoms with Crippen molar-refractivity contribution in [2.45, 2.75) is 32.3 Å². The molecule has 1 aliphatic rings. The molecule has 2 heterocycles. The number of aromatic nitrogens is 2. The van der Waals surface area contributed by atoms with E-state index in [2.05, 4.69) is 5.10 Å². The maximum atomic E-state index is 12.5. The van der Waals surface area contributed by atoms with Gasteiger partial charge in [0.05, 0.1) is 18.0 Å². The average molecular weight is 315 g/mol. The number of piperidine rings is 1. The van der Waals surface area contributed by atoms with Crippen molar-refractivity contribution in [1.82, 2.24) is 14.7 Å². The number of amides is 1. The minimum Gasteiger partial charge on any atom is -0.504 e. The molecule has 3 rings (SSSR count). The fraction of sp³-hybridized carbons (Fsp3) is 0.412. The Labute approximate surface area is 135 Å². The highest BCUT2D eigenvalue weighted by molar-refractivity contribution is 5.94. The molecule has 1 aliphatic heterocycles. The lowest BCUT2D eigenvalue weighted by molar-refractivity contribution is 0.0539. The third kappa shape index (κ3) is 3.07. The van der Waals surface area contributed by atoms with Crippen molar-refractivity contribution in [3.63, 3.8) is 0 Å². The van der Waals surface area contributed by atoms with E-state index < -0.39 is 0 Å². The second-order valence-electron chi connectivity index (χ2n) is 5.81. The summed E-state index contributed by atoms with van der Waals surface area (Å²) in [6.07, 6.45) is 3.09. The Bertz CT molecular complexity index is 703. The fourth-order valence-corrected chi connectivity index (χ4v) is 2.89. The second kappa shape index (κ2) is 6.42. The molecule has 1 amide bonds. The summed E-state index contributed by atoms with van der Waals surface area (Å²) < 4.78 is 1.56. The van der Waals surface area contributed by atoms with E-state index in [-0.39, 0.29) is 23.5 Å². The van der Waals surface area contributed by atoms with E-state index in [0.717, 1.165) is 17.7 Å². The number of rotatable bonds is 3. The van der Waals surface area contributed by atoms with Crippen molar-refractivity contribution >= 4 is 5.91 Å². The van der Waals surface area contributed by atoms with Crippen molar-refractivity contribution < 1.29 is 15.0 Å². The van der Waals surface area contributed by atoms with Crippen LogP contribution in [0.25, 0.3) is 5.69 Å². The van der Waals surface area contributed by atoms with Gasteiger partial charge in [-0.25, -0.2) is 4.68 Å². The summed E-state index contributed by atoms with van der Waals surface area (Å²) in [6, 6.07) is 7.77. The van der Waals surface area contributed by atoms with E-state index in [1.54, 1.807) is 9.58 Å². The van der Waals surface area contributed by atoms with Crippen LogP contribution in [0.2, 0.25) is 0 Å². The largest absolute Gasteiger partial charge is 0.504 e. The van der Waals surface area contributed by atoms with Crippen molar-refractivity contribution in [2.24, 2.45) is 0 Å². The van der Waals surface area contributed by atoms with Gasteiger partial charge in [0.25, 0.3) is 5.91 Å². The predicted molar refractivity (Wildman–Crippen MR) is 85.8 cm³/mol. The molecular formula is C17H21N3O3. The predicted octanol–water partition coefficient (Wildman–Crippen LogP) is 1.74. The monoisotopic (exact) mass is 315 g/mol. The molecule has 0 atom stereocenters. The number of carbonyl (C=O) groups is 1. The number of benzene rings is 1. The molecule has 0 saturated carbocycles. The molecule has 1 aromatic carbocycles. The summed E-state index contributed by atoms with van der Waals surface area (Å²) in [5.74, 6) is -0.408. The van der Waals surface area contributed by atoms with Crippen LogP contribution in [0.3, 0.4) is 0 Å². The highest BCUT2D eigenvalue weighted by Crippen LogP contribution is 2.23. The van der Waals surface area contributed by atoms with Crippen LogP contribution >= 0.6 is 0 Å². The van der Waals surface area contributed by atoms with Crippen LogP contribution in [0.15, 0.2) is 30.5 Å². The van der Waals surface area contributed by atoms with Crippen LogP contribution in [0.5, 0.6) is 5.75 Å². The lowest BCUT2D eigenvalue weighted by Gasteiger charge is -2.28. The molecule has 23 heavy (non-hydrogen) atoms. The smallest absolute Gasteiger partial charge is 0.278 e. The molecule has 0 aliphatic carbocycles. The standard InChI is InChI=1S/C17H21N3O3/c1-2-12-5-3-4-6-14(12)20-11-15(22)16(18-20)17(23)19-9-7-13(21)8-10-19/h3-6,11,13,21-22H,2,7-10H2,1H3. The SMILES string of the molecule is CCc1ccccc1-n1cc(O)c(C(=O)N2CCC(O)CC2)n1. The first-order valence-corrected chi connectivity index (χ1v) is 7.94. The van der Waals surface area contributed by atoms with Crippen LogP contribution < -0.4 is 0 Å². The highest BCUT2D eigenvalue weighted by Gasteiger charge is 2.26. The summed E-state index contributed by atoms with van der Waals surface area (Å²) in [5, 5.41) is 24.0. The number of hydrogen-bond acceptors (Lipinski definition) is 4. The van der Waals surface area contributed by atoms with Crippen LogP contribution in [0.4, 0.5) is 0 Å². The molecule has 1 saturated heterocycles.